The van der Waals surface area contributed by atoms with Crippen LogP contribution in [-0.2, 0) is 0 Å². The number of methoxy groups -OCH3 is 1. The monoisotopic (exact) mass is 369 g/mol. The van der Waals surface area contributed by atoms with Gasteiger partial charge in [0.1, 0.15) is 11.4 Å². The van der Waals surface area contributed by atoms with Crippen LogP contribution in [0.4, 0.5) is 10.8 Å². The molecule has 2 aromatic carbocycles. The van der Waals surface area contributed by atoms with Crippen LogP contribution in [0.1, 0.15) is 22.1 Å². The molecule has 0 fully saturated rings. The van der Waals surface area contributed by atoms with Gasteiger partial charge in [0, 0.05) is 11.1 Å². The number of anilines is 2. The summed E-state index contributed by atoms with van der Waals surface area (Å²) in [7, 11) is 1.61. The Balaban J connectivity index is 1.65. The van der Waals surface area contributed by atoms with Crippen molar-refractivity contribution in [2.75, 3.05) is 19.0 Å². The Bertz CT molecular complexity index is 850. The summed E-state index contributed by atoms with van der Waals surface area (Å²) < 4.78 is 5.12. The van der Waals surface area contributed by atoms with Crippen molar-refractivity contribution in [3.8, 4) is 5.75 Å². The number of benzene rings is 2. The first kappa shape index (κ1) is 17.9. The van der Waals surface area contributed by atoms with E-state index in [1.54, 1.807) is 12.5 Å². The van der Waals surface area contributed by atoms with Crippen LogP contribution in [0.25, 0.3) is 0 Å². The molecule has 0 unspecified atom stereocenters. The average molecular weight is 369 g/mol. The minimum absolute atomic E-state index is 0.184. The highest BCUT2D eigenvalue weighted by Gasteiger charge is 2.17. The fraction of sp³-hybridized carbons (Fsp3) is 0.158. The predicted molar refractivity (Wildman–Crippen MR) is 102 cm³/mol. The molecule has 3 rings (SSSR count). The Morgan fingerprint density at radius 2 is 1.92 bits per heavy atom. The largest absolute Gasteiger partial charge is 0.497 e. The molecule has 134 valence electrons. The predicted octanol–water partition coefficient (Wildman–Crippen LogP) is 3.36. The Labute approximate surface area is 155 Å². The zero-order valence-electron chi connectivity index (χ0n) is 14.2. The van der Waals surface area contributed by atoms with Crippen molar-refractivity contribution in [1.82, 2.24) is 10.3 Å². The van der Waals surface area contributed by atoms with Crippen LogP contribution in [0.3, 0.4) is 0 Å². The van der Waals surface area contributed by atoms with Gasteiger partial charge in [-0.05, 0) is 29.8 Å². The van der Waals surface area contributed by atoms with E-state index in [2.05, 4.69) is 15.6 Å². The molecule has 1 heterocycles. The molecule has 0 bridgehead atoms. The van der Waals surface area contributed by atoms with Gasteiger partial charge in [0.05, 0.1) is 19.8 Å². The number of aliphatic hydroxyl groups excluding tert-OH is 1. The lowest BCUT2D eigenvalue weighted by molar-refractivity contribution is 0.0912. The van der Waals surface area contributed by atoms with Crippen molar-refractivity contribution < 1.29 is 14.6 Å². The number of hydrogen-bond donors (Lipinski definition) is 3. The zero-order valence-corrected chi connectivity index (χ0v) is 15.0. The maximum Gasteiger partial charge on any atom is 0.271 e. The number of thiazole rings is 1. The molecule has 3 aromatic rings. The van der Waals surface area contributed by atoms with E-state index >= 15 is 0 Å². The number of hydrogen-bond acceptors (Lipinski definition) is 6. The van der Waals surface area contributed by atoms with Crippen molar-refractivity contribution in [3.63, 3.8) is 0 Å². The fourth-order valence-corrected chi connectivity index (χ4v) is 3.10. The molecule has 6 nitrogen and oxygen atoms in total. The van der Waals surface area contributed by atoms with E-state index in [4.69, 9.17) is 4.74 Å². The van der Waals surface area contributed by atoms with Crippen LogP contribution >= 0.6 is 11.3 Å². The second-order valence-electron chi connectivity index (χ2n) is 5.51. The highest BCUT2D eigenvalue weighted by Crippen LogP contribution is 2.23. The summed E-state index contributed by atoms with van der Waals surface area (Å²) in [5.74, 6) is 0.442. The molecule has 26 heavy (non-hydrogen) atoms. The number of amides is 1. The topological polar surface area (TPSA) is 83.5 Å². The standard InChI is InChI=1S/C19H19N3O3S/c1-25-15-9-7-14(8-10-15)20-19-22-17(12-26-19)18(24)21-16(11-23)13-5-3-2-4-6-13/h2-10,12,16,23H,11H2,1H3,(H,20,22)(H,21,24)/t16-/m0/s1. The Morgan fingerprint density at radius 3 is 2.58 bits per heavy atom. The van der Waals surface area contributed by atoms with Gasteiger partial charge in [-0.1, -0.05) is 30.3 Å². The van der Waals surface area contributed by atoms with Crippen LogP contribution in [0.15, 0.2) is 60.0 Å². The number of nitrogens with one attached hydrogen (secondary N) is 2. The molecular weight excluding hydrogens is 350 g/mol. The van der Waals surface area contributed by atoms with Gasteiger partial charge in [-0.15, -0.1) is 11.3 Å². The van der Waals surface area contributed by atoms with Crippen molar-refractivity contribution in [2.24, 2.45) is 0 Å². The number of carbonyl (C=O) groups is 1. The van der Waals surface area contributed by atoms with Gasteiger partial charge in [-0.3, -0.25) is 4.79 Å². The third-order valence-electron chi connectivity index (χ3n) is 3.77. The van der Waals surface area contributed by atoms with E-state index in [-0.39, 0.29) is 12.5 Å². The molecule has 1 atom stereocenters. The van der Waals surface area contributed by atoms with Gasteiger partial charge in [0.25, 0.3) is 5.91 Å². The molecule has 0 spiro atoms. The number of aliphatic hydroxyl groups is 1. The summed E-state index contributed by atoms with van der Waals surface area (Å²) in [6.45, 7) is -0.184. The lowest BCUT2D eigenvalue weighted by atomic mass is 10.1. The van der Waals surface area contributed by atoms with E-state index in [9.17, 15) is 9.90 Å². The summed E-state index contributed by atoms with van der Waals surface area (Å²) in [6, 6.07) is 16.3. The lowest BCUT2D eigenvalue weighted by Gasteiger charge is -2.15. The Morgan fingerprint density at radius 1 is 1.19 bits per heavy atom. The molecule has 1 aromatic heterocycles. The SMILES string of the molecule is COc1ccc(Nc2nc(C(=O)N[C@@H](CO)c3ccccc3)cs2)cc1. The normalized spacial score (nSPS) is 11.6. The maximum absolute atomic E-state index is 12.4. The van der Waals surface area contributed by atoms with Crippen LogP contribution in [0.5, 0.6) is 5.75 Å². The summed E-state index contributed by atoms with van der Waals surface area (Å²) in [5.41, 5.74) is 2.00. The zero-order chi connectivity index (χ0) is 18.4. The summed E-state index contributed by atoms with van der Waals surface area (Å²) in [6.07, 6.45) is 0. The number of ether oxygens (including phenoxy) is 1. The van der Waals surface area contributed by atoms with Crippen molar-refractivity contribution in [1.29, 1.82) is 0 Å². The molecule has 0 aliphatic heterocycles. The molecule has 0 radical (unpaired) electrons. The van der Waals surface area contributed by atoms with Crippen molar-refractivity contribution in [2.45, 2.75) is 6.04 Å². The van der Waals surface area contributed by atoms with Gasteiger partial charge < -0.3 is 20.5 Å². The van der Waals surface area contributed by atoms with Gasteiger partial charge in [-0.2, -0.15) is 0 Å². The first-order valence-corrected chi connectivity index (χ1v) is 8.91. The molecule has 0 saturated carbocycles. The molecule has 0 saturated heterocycles. The van der Waals surface area contributed by atoms with Crippen LogP contribution in [0.2, 0.25) is 0 Å². The van der Waals surface area contributed by atoms with Crippen molar-refractivity contribution >= 4 is 28.1 Å². The van der Waals surface area contributed by atoms with Crippen molar-refractivity contribution in [3.05, 3.63) is 71.2 Å². The number of nitrogens with zero attached hydrogens (tertiary/aromatic N) is 1. The lowest BCUT2D eigenvalue weighted by Crippen LogP contribution is -2.31. The fourth-order valence-electron chi connectivity index (χ4n) is 2.39. The molecule has 0 aliphatic carbocycles. The van der Waals surface area contributed by atoms with E-state index in [0.29, 0.717) is 10.8 Å². The van der Waals surface area contributed by atoms with Crippen LogP contribution < -0.4 is 15.4 Å². The number of aromatic nitrogens is 1. The number of rotatable bonds is 7. The van der Waals surface area contributed by atoms with Crippen LogP contribution in [-0.4, -0.2) is 29.7 Å². The summed E-state index contributed by atoms with van der Waals surface area (Å²) in [4.78, 5) is 16.7. The molecular formula is C19H19N3O3S. The van der Waals surface area contributed by atoms with Crippen LogP contribution in [0, 0.1) is 0 Å². The highest BCUT2D eigenvalue weighted by atomic mass is 32.1. The van der Waals surface area contributed by atoms with Gasteiger partial charge in [0.15, 0.2) is 5.13 Å². The summed E-state index contributed by atoms with van der Waals surface area (Å²) in [5, 5.41) is 17.8. The maximum atomic E-state index is 12.4. The van der Waals surface area contributed by atoms with Gasteiger partial charge in [-0.25, -0.2) is 4.98 Å². The minimum Gasteiger partial charge on any atom is -0.497 e. The highest BCUT2D eigenvalue weighted by molar-refractivity contribution is 7.14. The second-order valence-corrected chi connectivity index (χ2v) is 6.37. The quantitative estimate of drug-likeness (QED) is 0.595. The first-order valence-electron chi connectivity index (χ1n) is 8.03. The van der Waals surface area contributed by atoms with Gasteiger partial charge >= 0.3 is 0 Å². The molecule has 0 aliphatic rings. The van der Waals surface area contributed by atoms with E-state index in [0.717, 1.165) is 17.0 Å². The Hall–Kier alpha value is -2.90. The smallest absolute Gasteiger partial charge is 0.271 e. The van der Waals surface area contributed by atoms with E-state index in [1.165, 1.54) is 11.3 Å². The number of carbonyl (C=O) groups excluding carboxylic acids is 1. The molecule has 1 amide bonds. The third-order valence-corrected chi connectivity index (χ3v) is 4.53. The third kappa shape index (κ3) is 4.38. The van der Waals surface area contributed by atoms with Gasteiger partial charge in [0.2, 0.25) is 0 Å². The molecule has 3 N–H and O–H groups in total. The Kier molecular flexibility index (Phi) is 5.83. The second kappa shape index (κ2) is 8.46. The minimum atomic E-state index is -0.469. The van der Waals surface area contributed by atoms with E-state index < -0.39 is 6.04 Å². The average Bonchev–Trinajstić information content (AvgIpc) is 3.16. The molecule has 7 heteroatoms. The summed E-state index contributed by atoms with van der Waals surface area (Å²) >= 11 is 1.34. The van der Waals surface area contributed by atoms with E-state index in [1.807, 2.05) is 54.6 Å². The first-order chi connectivity index (χ1) is 12.7.